The van der Waals surface area contributed by atoms with Gasteiger partial charge in [-0.2, -0.15) is 0 Å². The van der Waals surface area contributed by atoms with Crippen molar-refractivity contribution in [3.63, 3.8) is 0 Å². The molecular weight excluding hydrogens is 442 g/mol. The van der Waals surface area contributed by atoms with Crippen LogP contribution in [-0.2, 0) is 29.0 Å². The summed E-state index contributed by atoms with van der Waals surface area (Å²) in [5, 5.41) is 23.7. The highest BCUT2D eigenvalue weighted by Gasteiger charge is 2.15. The summed E-state index contributed by atoms with van der Waals surface area (Å²) in [6.45, 7) is 5.24. The number of hydrogen-bond donors (Lipinski definition) is 4. The molecular formula is C25H32ClN3O4. The summed E-state index contributed by atoms with van der Waals surface area (Å²) in [6, 6.07) is 13.1. The molecule has 2 aromatic rings. The number of carboxylic acids is 2. The van der Waals surface area contributed by atoms with Crippen molar-refractivity contribution < 1.29 is 19.8 Å². The van der Waals surface area contributed by atoms with Crippen molar-refractivity contribution in [1.82, 2.24) is 5.32 Å². The fourth-order valence-electron chi connectivity index (χ4n) is 4.18. The molecule has 4 N–H and O–H groups in total. The third-order valence-corrected chi connectivity index (χ3v) is 6.20. The molecule has 2 aromatic carbocycles. The number of hydrogen-bond acceptors (Lipinski definition) is 5. The van der Waals surface area contributed by atoms with Gasteiger partial charge >= 0.3 is 11.9 Å². The first-order valence-corrected chi connectivity index (χ1v) is 11.8. The normalized spacial score (nSPS) is 15.1. The number of carboxylic acid groups (broad SMARTS) is 2. The lowest BCUT2D eigenvalue weighted by atomic mass is 10.0. The van der Waals surface area contributed by atoms with Gasteiger partial charge in [0.25, 0.3) is 0 Å². The maximum Gasteiger partial charge on any atom is 0.303 e. The molecule has 0 unspecified atom stereocenters. The van der Waals surface area contributed by atoms with Crippen molar-refractivity contribution in [2.75, 3.05) is 36.4 Å². The van der Waals surface area contributed by atoms with Crippen molar-refractivity contribution in [1.29, 1.82) is 0 Å². The van der Waals surface area contributed by atoms with Crippen molar-refractivity contribution in [2.24, 2.45) is 0 Å². The van der Waals surface area contributed by atoms with E-state index < -0.39 is 11.9 Å². The van der Waals surface area contributed by atoms with E-state index in [9.17, 15) is 9.59 Å². The van der Waals surface area contributed by atoms with Gasteiger partial charge < -0.3 is 25.7 Å². The summed E-state index contributed by atoms with van der Waals surface area (Å²) in [5.41, 5.74) is 6.58. The Labute approximate surface area is 199 Å². The average Bonchev–Trinajstić information content (AvgIpc) is 3.23. The number of nitrogens with zero attached hydrogens (tertiary/aromatic N) is 1. The maximum atomic E-state index is 9.64. The lowest BCUT2D eigenvalue weighted by Crippen LogP contribution is -2.17. The Kier molecular flexibility index (Phi) is 9.39. The minimum Gasteiger partial charge on any atom is -0.481 e. The van der Waals surface area contributed by atoms with E-state index in [-0.39, 0.29) is 12.8 Å². The van der Waals surface area contributed by atoms with E-state index >= 15 is 0 Å². The van der Waals surface area contributed by atoms with Gasteiger partial charge in [-0.25, -0.2) is 0 Å². The molecule has 178 valence electrons. The summed E-state index contributed by atoms with van der Waals surface area (Å²) >= 11 is 6.52. The third-order valence-electron chi connectivity index (χ3n) is 5.89. The molecule has 0 aliphatic carbocycles. The standard InChI is InChI=1S/C21H26ClN3.C4H6O4/c22-20-7-6-17-8-10-23-11-9-19(17)21(20)24-15-16-4-3-5-18(14-16)25-12-1-2-13-25;5-3(6)1-2-4(7)8/h3-7,14,23-24H,1-2,8-13,15H2;1-2H2,(H,5,6)(H,7,8). The van der Waals surface area contributed by atoms with Crippen LogP contribution in [0.25, 0.3) is 0 Å². The van der Waals surface area contributed by atoms with Crippen LogP contribution in [-0.4, -0.2) is 48.3 Å². The molecule has 1 fully saturated rings. The van der Waals surface area contributed by atoms with Crippen LogP contribution in [0.1, 0.15) is 42.4 Å². The van der Waals surface area contributed by atoms with Crippen molar-refractivity contribution in [3.05, 3.63) is 58.1 Å². The van der Waals surface area contributed by atoms with Crippen LogP contribution in [0.4, 0.5) is 11.4 Å². The molecule has 0 atom stereocenters. The number of carbonyl (C=O) groups is 2. The minimum absolute atomic E-state index is 0.296. The molecule has 1 saturated heterocycles. The van der Waals surface area contributed by atoms with Gasteiger partial charge in [-0.15, -0.1) is 0 Å². The van der Waals surface area contributed by atoms with Crippen LogP contribution < -0.4 is 15.5 Å². The van der Waals surface area contributed by atoms with Gasteiger partial charge in [0.1, 0.15) is 0 Å². The minimum atomic E-state index is -1.08. The van der Waals surface area contributed by atoms with Crippen LogP contribution in [0.2, 0.25) is 5.02 Å². The number of rotatable bonds is 7. The molecule has 0 bridgehead atoms. The number of anilines is 2. The molecule has 2 aliphatic heterocycles. The summed E-state index contributed by atoms with van der Waals surface area (Å²) in [5.74, 6) is -2.15. The fourth-order valence-corrected chi connectivity index (χ4v) is 4.42. The van der Waals surface area contributed by atoms with E-state index in [0.717, 1.165) is 43.2 Å². The Morgan fingerprint density at radius 1 is 1.00 bits per heavy atom. The zero-order chi connectivity index (χ0) is 23.6. The zero-order valence-electron chi connectivity index (χ0n) is 18.8. The maximum absolute atomic E-state index is 9.64. The van der Waals surface area contributed by atoms with E-state index in [1.54, 1.807) is 0 Å². The van der Waals surface area contributed by atoms with Gasteiger partial charge in [0.05, 0.1) is 23.6 Å². The van der Waals surface area contributed by atoms with Crippen LogP contribution in [0.3, 0.4) is 0 Å². The Morgan fingerprint density at radius 3 is 2.39 bits per heavy atom. The van der Waals surface area contributed by atoms with Gasteiger partial charge in [-0.1, -0.05) is 29.8 Å². The predicted molar refractivity (Wildman–Crippen MR) is 131 cm³/mol. The fraction of sp³-hybridized carbons (Fsp3) is 0.440. The highest BCUT2D eigenvalue weighted by molar-refractivity contribution is 6.33. The lowest BCUT2D eigenvalue weighted by molar-refractivity contribution is -0.143. The van der Waals surface area contributed by atoms with Gasteiger partial charge in [-0.3, -0.25) is 9.59 Å². The van der Waals surface area contributed by atoms with E-state index in [1.165, 1.54) is 48.3 Å². The highest BCUT2D eigenvalue weighted by atomic mass is 35.5. The Bertz CT molecular complexity index is 947. The van der Waals surface area contributed by atoms with Gasteiger partial charge in [0.15, 0.2) is 0 Å². The molecule has 8 heteroatoms. The van der Waals surface area contributed by atoms with Crippen LogP contribution in [0.15, 0.2) is 36.4 Å². The quantitative estimate of drug-likeness (QED) is 0.478. The molecule has 2 heterocycles. The number of nitrogens with one attached hydrogen (secondary N) is 2. The predicted octanol–water partition coefficient (Wildman–Crippen LogP) is 4.18. The SMILES string of the molecule is Clc1ccc2c(c1NCc1cccc(N3CCCC3)c1)CCNCC2.O=C(O)CCC(=O)O. The van der Waals surface area contributed by atoms with Crippen LogP contribution in [0.5, 0.6) is 0 Å². The lowest BCUT2D eigenvalue weighted by Gasteiger charge is -2.19. The molecule has 0 radical (unpaired) electrons. The van der Waals surface area contributed by atoms with Crippen LogP contribution >= 0.6 is 11.6 Å². The number of fused-ring (bicyclic) bond motifs is 1. The largest absolute Gasteiger partial charge is 0.481 e. The van der Waals surface area contributed by atoms with Crippen molar-refractivity contribution in [2.45, 2.75) is 45.1 Å². The summed E-state index contributed by atoms with van der Waals surface area (Å²) in [4.78, 5) is 21.8. The zero-order valence-corrected chi connectivity index (χ0v) is 19.5. The third kappa shape index (κ3) is 7.65. The molecule has 33 heavy (non-hydrogen) atoms. The first-order valence-electron chi connectivity index (χ1n) is 11.5. The topological polar surface area (TPSA) is 102 Å². The number of benzene rings is 2. The average molecular weight is 474 g/mol. The Hall–Kier alpha value is -2.77. The van der Waals surface area contributed by atoms with Gasteiger partial charge in [-0.05, 0) is 73.7 Å². The van der Waals surface area contributed by atoms with Crippen molar-refractivity contribution in [3.8, 4) is 0 Å². The Balaban J connectivity index is 0.000000331. The number of aliphatic carboxylic acids is 2. The van der Waals surface area contributed by atoms with Gasteiger partial charge in [0, 0.05) is 25.3 Å². The van der Waals surface area contributed by atoms with E-state index in [2.05, 4.69) is 45.9 Å². The highest BCUT2D eigenvalue weighted by Crippen LogP contribution is 2.31. The van der Waals surface area contributed by atoms with E-state index in [0.29, 0.717) is 0 Å². The van der Waals surface area contributed by atoms with Gasteiger partial charge in [0.2, 0.25) is 0 Å². The molecule has 0 spiro atoms. The first-order chi connectivity index (χ1) is 15.9. The first kappa shape index (κ1) is 24.9. The van der Waals surface area contributed by atoms with Crippen LogP contribution in [0, 0.1) is 0 Å². The van der Waals surface area contributed by atoms with Crippen molar-refractivity contribution >= 4 is 34.9 Å². The summed E-state index contributed by atoms with van der Waals surface area (Å²) in [7, 11) is 0. The second kappa shape index (κ2) is 12.5. The molecule has 0 saturated carbocycles. The Morgan fingerprint density at radius 2 is 1.70 bits per heavy atom. The smallest absolute Gasteiger partial charge is 0.303 e. The molecule has 2 aliphatic rings. The second-order valence-corrected chi connectivity index (χ2v) is 8.72. The molecule has 4 rings (SSSR count). The summed E-state index contributed by atoms with van der Waals surface area (Å²) in [6.07, 6.45) is 4.13. The number of halogens is 1. The molecule has 0 aromatic heterocycles. The van der Waals surface area contributed by atoms with E-state index in [1.807, 2.05) is 6.07 Å². The molecule has 0 amide bonds. The van der Waals surface area contributed by atoms with E-state index in [4.69, 9.17) is 21.8 Å². The monoisotopic (exact) mass is 473 g/mol. The molecule has 7 nitrogen and oxygen atoms in total. The second-order valence-electron chi connectivity index (χ2n) is 8.32. The summed E-state index contributed by atoms with van der Waals surface area (Å²) < 4.78 is 0.